The summed E-state index contributed by atoms with van der Waals surface area (Å²) in [7, 11) is 0. The van der Waals surface area contributed by atoms with Crippen molar-refractivity contribution in [3.05, 3.63) is 0 Å². The zero-order chi connectivity index (χ0) is 20.4. The Bertz CT molecular complexity index is 354. The third-order valence-electron chi connectivity index (χ3n) is 3.52. The fraction of sp³-hybridized carbons (Fsp3) is 0.750. The van der Waals surface area contributed by atoms with Crippen molar-refractivity contribution in [3.8, 4) is 0 Å². The van der Waals surface area contributed by atoms with Crippen LogP contribution in [0.4, 0.5) is 0 Å². The molecule has 0 aliphatic heterocycles. The molecule has 0 fully saturated rings. The number of Topliss-reactive ketones (excluding diaryl/α,β-unsaturated/α-hetero) is 2. The summed E-state index contributed by atoms with van der Waals surface area (Å²) in [6.07, 6.45) is 1.97. The second kappa shape index (κ2) is 19.2. The molecule has 0 aliphatic rings. The molecule has 0 aliphatic carbocycles. The first-order valence-electron chi connectivity index (χ1n) is 8.12. The molecule has 0 bridgehead atoms. The summed E-state index contributed by atoms with van der Waals surface area (Å²) in [5.41, 5.74) is 0. The average molecular weight is 396 g/mol. The predicted octanol–water partition coefficient (Wildman–Crippen LogP) is -0.853. The standard InChI is InChI=1S/2C8H14O3.2H2O.Ti/c2*1-3-6(4-2)7(9)5-8(10)11;;;/h2*6H,3-5H2,1-2H3,(H,10,11);2*1H2;/q;;;;+4/p-4. The van der Waals surface area contributed by atoms with Crippen molar-refractivity contribution < 1.29 is 56.7 Å². The molecule has 0 aromatic rings. The van der Waals surface area contributed by atoms with Crippen LogP contribution in [0.1, 0.15) is 66.2 Å². The van der Waals surface area contributed by atoms with Crippen LogP contribution in [-0.4, -0.2) is 30.9 Å². The van der Waals surface area contributed by atoms with Gasteiger partial charge in [-0.25, -0.2) is 0 Å². The van der Waals surface area contributed by atoms with E-state index < -0.39 is 44.7 Å². The van der Waals surface area contributed by atoms with Gasteiger partial charge in [-0.1, -0.05) is 27.7 Å². The zero-order valence-electron chi connectivity index (χ0n) is 15.2. The second-order valence-corrected chi connectivity index (χ2v) is 5.47. The summed E-state index contributed by atoms with van der Waals surface area (Å²) in [6, 6.07) is 0. The Labute approximate surface area is 158 Å². The summed E-state index contributed by atoms with van der Waals surface area (Å²) < 4.78 is 14.5. The molecule has 9 heteroatoms. The van der Waals surface area contributed by atoms with Gasteiger partial charge in [0.1, 0.15) is 11.6 Å². The van der Waals surface area contributed by atoms with E-state index >= 15 is 0 Å². The Balaban J connectivity index is -0.000000334. The van der Waals surface area contributed by atoms with E-state index in [1.165, 1.54) is 0 Å². The van der Waals surface area contributed by atoms with Gasteiger partial charge >= 0.3 is 27.3 Å². The number of carbonyl (C=O) groups excluding carboxylic acids is 4. The molecule has 144 valence electrons. The first-order chi connectivity index (χ1) is 11.6. The molecular weight excluding hydrogens is 368 g/mol. The summed E-state index contributed by atoms with van der Waals surface area (Å²) in [4.78, 5) is 42.0. The molecule has 0 atom stereocenters. The number of carbonyl (C=O) groups is 4. The Morgan fingerprint density at radius 2 is 0.920 bits per heavy atom. The van der Waals surface area contributed by atoms with E-state index in [0.717, 1.165) is 0 Å². The van der Waals surface area contributed by atoms with Crippen LogP contribution in [0.5, 0.6) is 0 Å². The molecule has 8 nitrogen and oxygen atoms in total. The van der Waals surface area contributed by atoms with Gasteiger partial charge in [0, 0.05) is 36.6 Å². The SMILES string of the molecule is CCC(CC)C(=O)CC(=O)[O-].CCC(CC)C(=O)CC(=O)[O-].[OH][Ti+2][OH]. The maximum absolute atomic E-state index is 11.0. The van der Waals surface area contributed by atoms with Crippen molar-refractivity contribution in [1.29, 1.82) is 0 Å². The first kappa shape index (κ1) is 28.7. The number of carboxylic acids is 2. The van der Waals surface area contributed by atoms with Crippen molar-refractivity contribution in [3.63, 3.8) is 0 Å². The van der Waals surface area contributed by atoms with Crippen molar-refractivity contribution in [2.24, 2.45) is 11.8 Å². The molecule has 0 spiro atoms. The third kappa shape index (κ3) is 19.1. The fourth-order valence-electron chi connectivity index (χ4n) is 2.06. The molecule has 0 amide bonds. The molecule has 0 unspecified atom stereocenters. The van der Waals surface area contributed by atoms with E-state index in [4.69, 9.17) is 7.38 Å². The van der Waals surface area contributed by atoms with E-state index in [0.29, 0.717) is 25.7 Å². The molecule has 0 aromatic heterocycles. The van der Waals surface area contributed by atoms with Gasteiger partial charge in [0.05, 0.1) is 0 Å². The summed E-state index contributed by atoms with van der Waals surface area (Å²) >= 11 is -1.50. The molecule has 2 N–H and O–H groups in total. The molecule has 0 heterocycles. The van der Waals surface area contributed by atoms with Crippen LogP contribution in [0.15, 0.2) is 0 Å². The van der Waals surface area contributed by atoms with E-state index in [1.54, 1.807) is 0 Å². The van der Waals surface area contributed by atoms with Crippen LogP contribution >= 0.6 is 0 Å². The van der Waals surface area contributed by atoms with Crippen molar-refractivity contribution in [2.45, 2.75) is 66.2 Å². The van der Waals surface area contributed by atoms with Gasteiger partial charge in [0.15, 0.2) is 0 Å². The number of carboxylic acid groups (broad SMARTS) is 2. The van der Waals surface area contributed by atoms with Gasteiger partial charge in [-0.2, -0.15) is 0 Å². The summed E-state index contributed by atoms with van der Waals surface area (Å²) in [5, 5.41) is 20.0. The number of ketones is 2. The van der Waals surface area contributed by atoms with Gasteiger partial charge in [0.25, 0.3) is 0 Å². The molecule has 0 rings (SSSR count). The third-order valence-corrected chi connectivity index (χ3v) is 3.52. The molecular formula is C16H28O8Ti. The molecule has 25 heavy (non-hydrogen) atoms. The Hall–Kier alpha value is -1.09. The quantitative estimate of drug-likeness (QED) is 0.357. The molecule has 0 aromatic carbocycles. The van der Waals surface area contributed by atoms with E-state index in [1.807, 2.05) is 27.7 Å². The number of rotatable bonds is 10. The van der Waals surface area contributed by atoms with Crippen LogP contribution < -0.4 is 10.2 Å². The van der Waals surface area contributed by atoms with E-state index in [-0.39, 0.29) is 23.4 Å². The minimum atomic E-state index is -1.50. The fourth-order valence-corrected chi connectivity index (χ4v) is 2.06. The number of aliphatic carboxylic acids is 2. The van der Waals surface area contributed by atoms with Crippen LogP contribution in [-0.2, 0) is 39.1 Å². The van der Waals surface area contributed by atoms with Gasteiger partial charge in [-0.05, 0) is 25.7 Å². The summed E-state index contributed by atoms with van der Waals surface area (Å²) in [5.74, 6) is -3.19. The van der Waals surface area contributed by atoms with Crippen LogP contribution in [0.2, 0.25) is 0 Å². The van der Waals surface area contributed by atoms with Gasteiger partial charge < -0.3 is 19.8 Å². The van der Waals surface area contributed by atoms with Crippen LogP contribution in [0.25, 0.3) is 0 Å². The monoisotopic (exact) mass is 396 g/mol. The zero-order valence-corrected chi connectivity index (χ0v) is 16.8. The van der Waals surface area contributed by atoms with E-state index in [2.05, 4.69) is 0 Å². The number of hydrogen-bond acceptors (Lipinski definition) is 8. The minimum absolute atomic E-state index is 0.104. The maximum atomic E-state index is 11.0. The van der Waals surface area contributed by atoms with Crippen LogP contribution in [0, 0.1) is 11.8 Å². The van der Waals surface area contributed by atoms with Gasteiger partial charge in [-0.15, -0.1) is 0 Å². The molecule has 0 radical (unpaired) electrons. The Morgan fingerprint density at radius 3 is 1.04 bits per heavy atom. The average Bonchev–Trinajstić information content (AvgIpc) is 2.49. The second-order valence-electron chi connectivity index (χ2n) is 5.16. The van der Waals surface area contributed by atoms with E-state index in [9.17, 15) is 29.4 Å². The molecule has 0 saturated heterocycles. The van der Waals surface area contributed by atoms with Gasteiger partial charge in [0.2, 0.25) is 0 Å². The van der Waals surface area contributed by atoms with Crippen molar-refractivity contribution in [1.82, 2.24) is 0 Å². The predicted molar refractivity (Wildman–Crippen MR) is 81.8 cm³/mol. The van der Waals surface area contributed by atoms with Gasteiger partial charge in [-0.3, -0.25) is 9.59 Å². The normalized spacial score (nSPS) is 9.28. The molecule has 0 saturated carbocycles. The topological polar surface area (TPSA) is 155 Å². The Morgan fingerprint density at radius 1 is 0.720 bits per heavy atom. The summed E-state index contributed by atoms with van der Waals surface area (Å²) in [6.45, 7) is 7.51. The van der Waals surface area contributed by atoms with Crippen molar-refractivity contribution >= 4 is 23.5 Å². The number of hydrogen-bond donors (Lipinski definition) is 2. The Kier molecular flexibility index (Phi) is 22.1. The first-order valence-corrected chi connectivity index (χ1v) is 9.52. The van der Waals surface area contributed by atoms with Crippen LogP contribution in [0.3, 0.4) is 0 Å². The van der Waals surface area contributed by atoms with Crippen molar-refractivity contribution in [2.75, 3.05) is 0 Å².